The van der Waals surface area contributed by atoms with Crippen molar-refractivity contribution in [3.63, 3.8) is 0 Å². The van der Waals surface area contributed by atoms with Gasteiger partial charge >= 0.3 is 0 Å². The average molecular weight is 541 g/mol. The number of hydrogen-bond acceptors (Lipinski definition) is 4. The Hall–Kier alpha value is -3.40. The molecule has 0 aliphatic carbocycles. The van der Waals surface area contributed by atoms with Gasteiger partial charge in [-0.3, -0.25) is 0 Å². The van der Waals surface area contributed by atoms with Gasteiger partial charge in [0.2, 0.25) is 0 Å². The lowest BCUT2D eigenvalue weighted by molar-refractivity contribution is 0.302. The molecule has 4 aromatic rings. The van der Waals surface area contributed by atoms with Crippen molar-refractivity contribution in [2.45, 2.75) is 90.9 Å². The van der Waals surface area contributed by atoms with Crippen LogP contribution < -0.4 is 20.9 Å². The summed E-state index contributed by atoms with van der Waals surface area (Å²) < 4.78 is 13.1. The summed E-state index contributed by atoms with van der Waals surface area (Å²) >= 11 is 0. The van der Waals surface area contributed by atoms with Gasteiger partial charge in [0.15, 0.2) is 0 Å². The predicted octanol–water partition coefficient (Wildman–Crippen LogP) is 10.3. The fraction of sp³-hybridized carbons (Fsp3) is 0.444. The zero-order chi connectivity index (χ0) is 28.2. The largest absolute Gasteiger partial charge is 0.493 e. The third-order valence-electron chi connectivity index (χ3n) is 7.84. The molecule has 214 valence electrons. The number of hydrogen-bond donors (Lipinski definition) is 2. The molecule has 0 bridgehead atoms. The molecule has 0 aliphatic heterocycles. The molecule has 0 aliphatic rings. The molecule has 4 aromatic carbocycles. The number of unbranched alkanes of at least 4 members (excludes halogenated alkanes) is 10. The summed E-state index contributed by atoms with van der Waals surface area (Å²) in [6.07, 6.45) is 14.7. The number of nitrogens with two attached hydrogens (primary N) is 2. The molecule has 0 amide bonds. The number of fused-ring (bicyclic) bond motifs is 2. The van der Waals surface area contributed by atoms with Crippen molar-refractivity contribution in [2.24, 2.45) is 0 Å². The molecule has 0 radical (unpaired) electrons. The van der Waals surface area contributed by atoms with Crippen LogP contribution in [0.1, 0.15) is 90.9 Å². The van der Waals surface area contributed by atoms with Crippen molar-refractivity contribution in [1.29, 1.82) is 0 Å². The Morgan fingerprint density at radius 2 is 0.875 bits per heavy atom. The first-order valence-electron chi connectivity index (χ1n) is 15.5. The minimum absolute atomic E-state index is 0.672. The Morgan fingerprint density at radius 1 is 0.475 bits per heavy atom. The third kappa shape index (κ3) is 7.41. The van der Waals surface area contributed by atoms with E-state index in [2.05, 4.69) is 50.2 Å². The van der Waals surface area contributed by atoms with E-state index in [4.69, 9.17) is 20.9 Å². The maximum Gasteiger partial charge on any atom is 0.127 e. The Balaban J connectivity index is 1.72. The zero-order valence-corrected chi connectivity index (χ0v) is 24.6. The highest BCUT2D eigenvalue weighted by Crippen LogP contribution is 2.48. The normalized spacial score (nSPS) is 11.3. The molecule has 0 aromatic heterocycles. The minimum atomic E-state index is 0.672. The smallest absolute Gasteiger partial charge is 0.127 e. The van der Waals surface area contributed by atoms with Gasteiger partial charge in [-0.2, -0.15) is 0 Å². The standard InChI is InChI=1S/C36H48N2O2/c1-3-5-7-9-11-13-25-39-31-23-21-27-17-15-19-29(37)33(27)35(31)36-32(40-26-14-12-10-8-6-4-2)24-22-28-18-16-20-30(38)34(28)36/h15-24H,3-14,25-26,37-38H2,1-2H3. The lowest BCUT2D eigenvalue weighted by Crippen LogP contribution is -2.04. The molecule has 40 heavy (non-hydrogen) atoms. The van der Waals surface area contributed by atoms with E-state index in [1.54, 1.807) is 0 Å². The average Bonchev–Trinajstić information content (AvgIpc) is 2.96. The number of nitrogen functional groups attached to an aromatic ring is 2. The first-order chi connectivity index (χ1) is 19.7. The van der Waals surface area contributed by atoms with E-state index in [9.17, 15) is 0 Å². The van der Waals surface area contributed by atoms with Crippen molar-refractivity contribution in [2.75, 3.05) is 24.7 Å². The van der Waals surface area contributed by atoms with Crippen LogP contribution in [0, 0.1) is 0 Å². The second-order valence-electron chi connectivity index (χ2n) is 11.0. The Bertz CT molecular complexity index is 1260. The van der Waals surface area contributed by atoms with Crippen LogP contribution in [0.15, 0.2) is 60.7 Å². The number of rotatable bonds is 17. The van der Waals surface area contributed by atoms with E-state index in [0.29, 0.717) is 13.2 Å². The number of ether oxygens (including phenoxy) is 2. The molecule has 0 unspecified atom stereocenters. The van der Waals surface area contributed by atoms with E-state index in [1.165, 1.54) is 64.2 Å². The van der Waals surface area contributed by atoms with Crippen LogP contribution in [0.25, 0.3) is 32.7 Å². The Labute approximate surface area is 241 Å². The van der Waals surface area contributed by atoms with Crippen LogP contribution >= 0.6 is 0 Å². The molecule has 0 spiro atoms. The second kappa shape index (κ2) is 15.4. The van der Waals surface area contributed by atoms with Gasteiger partial charge in [-0.05, 0) is 47.9 Å². The molecule has 0 atom stereocenters. The van der Waals surface area contributed by atoms with Crippen LogP contribution in [0.5, 0.6) is 11.5 Å². The molecule has 4 nitrogen and oxygen atoms in total. The van der Waals surface area contributed by atoms with Crippen molar-refractivity contribution >= 4 is 32.9 Å². The lowest BCUT2D eigenvalue weighted by atomic mass is 9.90. The molecule has 0 fully saturated rings. The fourth-order valence-electron chi connectivity index (χ4n) is 5.64. The summed E-state index contributed by atoms with van der Waals surface area (Å²) in [5.74, 6) is 1.67. The highest BCUT2D eigenvalue weighted by atomic mass is 16.5. The van der Waals surface area contributed by atoms with Gasteiger partial charge in [0.05, 0.1) is 13.2 Å². The van der Waals surface area contributed by atoms with Crippen LogP contribution in [0.2, 0.25) is 0 Å². The predicted molar refractivity (Wildman–Crippen MR) is 173 cm³/mol. The van der Waals surface area contributed by atoms with Gasteiger partial charge < -0.3 is 20.9 Å². The summed E-state index contributed by atoms with van der Waals surface area (Å²) in [4.78, 5) is 0. The highest BCUT2D eigenvalue weighted by Gasteiger charge is 2.21. The molecule has 4 heteroatoms. The van der Waals surface area contributed by atoms with Crippen molar-refractivity contribution in [3.8, 4) is 22.6 Å². The van der Waals surface area contributed by atoms with Crippen LogP contribution in [0.3, 0.4) is 0 Å². The highest BCUT2D eigenvalue weighted by molar-refractivity contribution is 6.15. The van der Waals surface area contributed by atoms with Crippen LogP contribution in [-0.2, 0) is 0 Å². The van der Waals surface area contributed by atoms with Crippen molar-refractivity contribution in [1.82, 2.24) is 0 Å². The minimum Gasteiger partial charge on any atom is -0.493 e. The lowest BCUT2D eigenvalue weighted by Gasteiger charge is -2.21. The monoisotopic (exact) mass is 540 g/mol. The van der Waals surface area contributed by atoms with Crippen molar-refractivity contribution < 1.29 is 9.47 Å². The number of anilines is 2. The van der Waals surface area contributed by atoms with E-state index < -0.39 is 0 Å². The first kappa shape index (κ1) is 29.6. The molecule has 4 rings (SSSR count). The van der Waals surface area contributed by atoms with E-state index in [0.717, 1.165) is 68.4 Å². The maximum atomic E-state index is 6.67. The quantitative estimate of drug-likeness (QED) is 0.103. The van der Waals surface area contributed by atoms with Crippen molar-refractivity contribution in [3.05, 3.63) is 60.7 Å². The summed E-state index contributed by atoms with van der Waals surface area (Å²) in [7, 11) is 0. The van der Waals surface area contributed by atoms with Gasteiger partial charge in [0, 0.05) is 33.3 Å². The van der Waals surface area contributed by atoms with E-state index in [-0.39, 0.29) is 0 Å². The second-order valence-corrected chi connectivity index (χ2v) is 11.0. The molecular weight excluding hydrogens is 492 g/mol. The topological polar surface area (TPSA) is 70.5 Å². The first-order valence-corrected chi connectivity index (χ1v) is 15.5. The van der Waals surface area contributed by atoms with E-state index >= 15 is 0 Å². The molecule has 0 heterocycles. The number of benzene rings is 4. The van der Waals surface area contributed by atoms with Crippen LogP contribution in [0.4, 0.5) is 11.4 Å². The third-order valence-corrected chi connectivity index (χ3v) is 7.84. The summed E-state index contributed by atoms with van der Waals surface area (Å²) in [6, 6.07) is 20.6. The summed E-state index contributed by atoms with van der Waals surface area (Å²) in [5.41, 5.74) is 16.7. The van der Waals surface area contributed by atoms with Gasteiger partial charge in [0.1, 0.15) is 11.5 Å². The fourth-order valence-corrected chi connectivity index (χ4v) is 5.64. The summed E-state index contributed by atoms with van der Waals surface area (Å²) in [6.45, 7) is 5.85. The molecule has 4 N–H and O–H groups in total. The maximum absolute atomic E-state index is 6.67. The van der Waals surface area contributed by atoms with Gasteiger partial charge in [-0.1, -0.05) is 114 Å². The van der Waals surface area contributed by atoms with E-state index in [1.807, 2.05) is 24.3 Å². The van der Waals surface area contributed by atoms with Crippen LogP contribution in [-0.4, -0.2) is 13.2 Å². The SMILES string of the molecule is CCCCCCCCOc1ccc2cccc(N)c2c1-c1c(OCCCCCCCC)ccc2cccc(N)c12. The molecule has 0 saturated heterocycles. The molecular formula is C36H48N2O2. The Morgan fingerprint density at radius 3 is 1.30 bits per heavy atom. The summed E-state index contributed by atoms with van der Waals surface area (Å²) in [5, 5.41) is 4.14. The van der Waals surface area contributed by atoms with Gasteiger partial charge in [-0.15, -0.1) is 0 Å². The van der Waals surface area contributed by atoms with Gasteiger partial charge in [-0.25, -0.2) is 0 Å². The van der Waals surface area contributed by atoms with Gasteiger partial charge in [0.25, 0.3) is 0 Å². The molecule has 0 saturated carbocycles. The Kier molecular flexibility index (Phi) is 11.4. The zero-order valence-electron chi connectivity index (χ0n) is 24.6.